The Morgan fingerprint density at radius 1 is 1.07 bits per heavy atom. The number of hydrogen-bond donors (Lipinski definition) is 2. The van der Waals surface area contributed by atoms with E-state index in [2.05, 4.69) is 21.7 Å². The van der Waals surface area contributed by atoms with Crippen molar-refractivity contribution in [3.63, 3.8) is 0 Å². The molecule has 0 saturated carbocycles. The first kappa shape index (κ1) is 19.1. The molecular weight excluding hydrogens is 338 g/mol. The Morgan fingerprint density at radius 3 is 2.41 bits per heavy atom. The van der Waals surface area contributed by atoms with E-state index in [0.717, 1.165) is 41.8 Å². The molecule has 0 spiro atoms. The Morgan fingerprint density at radius 2 is 1.78 bits per heavy atom. The fraction of sp³-hybridized carbons (Fsp3) is 0.364. The summed E-state index contributed by atoms with van der Waals surface area (Å²) in [6.45, 7) is 7.41. The van der Waals surface area contributed by atoms with Crippen molar-refractivity contribution in [1.82, 2.24) is 5.32 Å². The maximum absolute atomic E-state index is 12.6. The zero-order chi connectivity index (χ0) is 19.2. The van der Waals surface area contributed by atoms with Gasteiger partial charge in [0.25, 0.3) is 5.91 Å². The number of rotatable bonds is 4. The van der Waals surface area contributed by atoms with Crippen LogP contribution in [0.3, 0.4) is 0 Å². The Kier molecular flexibility index (Phi) is 6.24. The fourth-order valence-electron chi connectivity index (χ4n) is 3.16. The molecule has 2 aromatic carbocycles. The lowest BCUT2D eigenvalue weighted by Crippen LogP contribution is -2.36. The maximum Gasteiger partial charge on any atom is 0.257 e. The highest BCUT2D eigenvalue weighted by molar-refractivity contribution is 6.10. The van der Waals surface area contributed by atoms with Gasteiger partial charge in [-0.25, -0.2) is 4.99 Å². The Labute approximate surface area is 160 Å². The summed E-state index contributed by atoms with van der Waals surface area (Å²) in [5.41, 5.74) is 4.93. The van der Waals surface area contributed by atoms with E-state index in [1.54, 1.807) is 0 Å². The summed E-state index contributed by atoms with van der Waals surface area (Å²) < 4.78 is 5.65. The van der Waals surface area contributed by atoms with E-state index in [4.69, 9.17) is 4.74 Å². The largest absolute Gasteiger partial charge is 0.376 e. The van der Waals surface area contributed by atoms with Crippen LogP contribution >= 0.6 is 0 Å². The van der Waals surface area contributed by atoms with E-state index in [0.29, 0.717) is 18.1 Å². The molecule has 1 saturated heterocycles. The number of aryl methyl sites for hydroxylation is 3. The number of guanidine groups is 1. The van der Waals surface area contributed by atoms with Gasteiger partial charge in [0.1, 0.15) is 0 Å². The van der Waals surface area contributed by atoms with E-state index in [9.17, 15) is 4.79 Å². The topological polar surface area (TPSA) is 62.7 Å². The molecule has 142 valence electrons. The number of anilines is 1. The van der Waals surface area contributed by atoms with E-state index in [1.165, 1.54) is 0 Å². The van der Waals surface area contributed by atoms with Gasteiger partial charge in [-0.15, -0.1) is 0 Å². The predicted molar refractivity (Wildman–Crippen MR) is 109 cm³/mol. The van der Waals surface area contributed by atoms with Crippen molar-refractivity contribution >= 4 is 17.6 Å². The van der Waals surface area contributed by atoms with E-state index >= 15 is 0 Å². The summed E-state index contributed by atoms with van der Waals surface area (Å²) in [7, 11) is 0. The van der Waals surface area contributed by atoms with Crippen LogP contribution in [0.15, 0.2) is 47.5 Å². The van der Waals surface area contributed by atoms with Gasteiger partial charge in [0.15, 0.2) is 0 Å². The lowest BCUT2D eigenvalue weighted by molar-refractivity contribution is 0.0975. The third kappa shape index (κ3) is 5.66. The Hall–Kier alpha value is -2.66. The molecule has 0 aliphatic carbocycles. The van der Waals surface area contributed by atoms with E-state index < -0.39 is 0 Å². The summed E-state index contributed by atoms with van der Waals surface area (Å²) >= 11 is 0. The van der Waals surface area contributed by atoms with Crippen LogP contribution in [0.5, 0.6) is 0 Å². The standard InChI is InChI=1S/C22H27N3O2/c1-15-6-8-18(9-7-15)21(26)25-22(23-14-20-5-4-10-27-20)24-19-12-16(2)11-17(3)13-19/h6-9,11-13,20H,4-5,10,14H2,1-3H3,(H2,23,24,25,26). The third-order valence-corrected chi connectivity index (χ3v) is 4.51. The first-order chi connectivity index (χ1) is 13.0. The van der Waals surface area contributed by atoms with Gasteiger partial charge >= 0.3 is 0 Å². The molecule has 1 fully saturated rings. The van der Waals surface area contributed by atoms with Gasteiger partial charge in [-0.05, 0) is 69.0 Å². The summed E-state index contributed by atoms with van der Waals surface area (Å²) in [5.74, 6) is 0.263. The van der Waals surface area contributed by atoms with Crippen molar-refractivity contribution in [2.45, 2.75) is 39.7 Å². The SMILES string of the molecule is Cc1ccc(C(=O)NC(=NCC2CCCO2)Nc2cc(C)cc(C)c2)cc1. The van der Waals surface area contributed by atoms with Crippen molar-refractivity contribution < 1.29 is 9.53 Å². The molecular formula is C22H27N3O2. The molecule has 0 aromatic heterocycles. The van der Waals surface area contributed by atoms with Crippen LogP contribution in [-0.4, -0.2) is 31.1 Å². The van der Waals surface area contributed by atoms with Crippen LogP contribution in [0.2, 0.25) is 0 Å². The highest BCUT2D eigenvalue weighted by Crippen LogP contribution is 2.15. The minimum atomic E-state index is -0.182. The first-order valence-electron chi connectivity index (χ1n) is 9.39. The number of nitrogens with zero attached hydrogens (tertiary/aromatic N) is 1. The lowest BCUT2D eigenvalue weighted by atomic mass is 10.1. The van der Waals surface area contributed by atoms with Gasteiger partial charge in [-0.3, -0.25) is 10.1 Å². The van der Waals surface area contributed by atoms with Crippen LogP contribution < -0.4 is 10.6 Å². The first-order valence-corrected chi connectivity index (χ1v) is 9.39. The number of carbonyl (C=O) groups is 1. The van der Waals surface area contributed by atoms with Crippen molar-refractivity contribution in [2.24, 2.45) is 4.99 Å². The van der Waals surface area contributed by atoms with Gasteiger partial charge in [0.2, 0.25) is 5.96 Å². The molecule has 1 amide bonds. The predicted octanol–water partition coefficient (Wildman–Crippen LogP) is 3.99. The number of nitrogens with one attached hydrogen (secondary N) is 2. The monoisotopic (exact) mass is 365 g/mol. The molecule has 27 heavy (non-hydrogen) atoms. The summed E-state index contributed by atoms with van der Waals surface area (Å²) in [6, 6.07) is 13.7. The third-order valence-electron chi connectivity index (χ3n) is 4.51. The minimum Gasteiger partial charge on any atom is -0.376 e. The number of aliphatic imine (C=N–C) groups is 1. The molecule has 2 aromatic rings. The molecule has 2 N–H and O–H groups in total. The van der Waals surface area contributed by atoms with Gasteiger partial charge in [-0.1, -0.05) is 23.8 Å². The van der Waals surface area contributed by atoms with Crippen LogP contribution in [-0.2, 0) is 4.74 Å². The van der Waals surface area contributed by atoms with Crippen molar-refractivity contribution in [1.29, 1.82) is 0 Å². The van der Waals surface area contributed by atoms with Crippen LogP contribution in [0, 0.1) is 20.8 Å². The van der Waals surface area contributed by atoms with Crippen LogP contribution in [0.1, 0.15) is 39.9 Å². The second-order valence-electron chi connectivity index (χ2n) is 7.15. The second kappa shape index (κ2) is 8.82. The number of carbonyl (C=O) groups excluding carboxylic acids is 1. The molecule has 1 atom stereocenters. The van der Waals surface area contributed by atoms with Crippen molar-refractivity contribution in [2.75, 3.05) is 18.5 Å². The minimum absolute atomic E-state index is 0.123. The lowest BCUT2D eigenvalue weighted by Gasteiger charge is -2.14. The molecule has 1 aliphatic heterocycles. The second-order valence-corrected chi connectivity index (χ2v) is 7.15. The Bertz CT molecular complexity index is 802. The molecule has 5 nitrogen and oxygen atoms in total. The maximum atomic E-state index is 12.6. The van der Waals surface area contributed by atoms with Crippen LogP contribution in [0.4, 0.5) is 5.69 Å². The highest BCUT2D eigenvalue weighted by atomic mass is 16.5. The molecule has 3 rings (SSSR count). The quantitative estimate of drug-likeness (QED) is 0.636. The van der Waals surface area contributed by atoms with Crippen LogP contribution in [0.25, 0.3) is 0 Å². The normalized spacial score (nSPS) is 17.0. The average Bonchev–Trinajstić information content (AvgIpc) is 3.13. The Balaban J connectivity index is 1.76. The van der Waals surface area contributed by atoms with Gasteiger partial charge in [-0.2, -0.15) is 0 Å². The van der Waals surface area contributed by atoms with Gasteiger partial charge < -0.3 is 10.1 Å². The smallest absolute Gasteiger partial charge is 0.257 e. The van der Waals surface area contributed by atoms with Crippen molar-refractivity contribution in [3.05, 3.63) is 64.7 Å². The van der Waals surface area contributed by atoms with E-state index in [-0.39, 0.29) is 12.0 Å². The summed E-state index contributed by atoms with van der Waals surface area (Å²) in [6.07, 6.45) is 2.19. The van der Waals surface area contributed by atoms with Gasteiger partial charge in [0, 0.05) is 17.9 Å². The average molecular weight is 365 g/mol. The molecule has 1 aliphatic rings. The zero-order valence-corrected chi connectivity index (χ0v) is 16.2. The zero-order valence-electron chi connectivity index (χ0n) is 16.2. The molecule has 1 unspecified atom stereocenters. The van der Waals surface area contributed by atoms with Crippen molar-refractivity contribution in [3.8, 4) is 0 Å². The van der Waals surface area contributed by atoms with Gasteiger partial charge in [0.05, 0.1) is 12.6 Å². The molecule has 0 bridgehead atoms. The number of amides is 1. The fourth-order valence-corrected chi connectivity index (χ4v) is 3.16. The number of hydrogen-bond acceptors (Lipinski definition) is 3. The molecule has 0 radical (unpaired) electrons. The number of benzene rings is 2. The summed E-state index contributed by atoms with van der Waals surface area (Å²) in [5, 5.41) is 6.17. The molecule has 1 heterocycles. The highest BCUT2D eigenvalue weighted by Gasteiger charge is 2.16. The van der Waals surface area contributed by atoms with E-state index in [1.807, 2.05) is 57.2 Å². The molecule has 5 heteroatoms. The number of ether oxygens (including phenoxy) is 1. The summed E-state index contributed by atoms with van der Waals surface area (Å²) in [4.78, 5) is 17.2.